The van der Waals surface area contributed by atoms with Gasteiger partial charge in [-0.1, -0.05) is 0 Å². The number of ether oxygens (including phenoxy) is 1. The lowest BCUT2D eigenvalue weighted by Crippen LogP contribution is -2.19. The first kappa shape index (κ1) is 11.3. The summed E-state index contributed by atoms with van der Waals surface area (Å²) in [6.07, 6.45) is -4.81. The molecule has 0 aliphatic heterocycles. The van der Waals surface area contributed by atoms with Crippen LogP contribution in [0.15, 0.2) is 6.07 Å². The van der Waals surface area contributed by atoms with Crippen LogP contribution in [0.5, 0.6) is 5.75 Å². The van der Waals surface area contributed by atoms with Crippen molar-refractivity contribution in [1.29, 1.82) is 5.26 Å². The van der Waals surface area contributed by atoms with E-state index >= 15 is 0 Å². The van der Waals surface area contributed by atoms with Crippen molar-refractivity contribution >= 4 is 0 Å². The normalized spacial score (nSPS) is 10.9. The third kappa shape index (κ3) is 2.84. The molecule has 1 rings (SSSR count). The van der Waals surface area contributed by atoms with Crippen LogP contribution in [0.4, 0.5) is 13.2 Å². The first-order valence-corrected chi connectivity index (χ1v) is 3.97. The van der Waals surface area contributed by atoms with E-state index < -0.39 is 12.1 Å². The lowest BCUT2D eigenvalue weighted by molar-refractivity contribution is -0.275. The first-order chi connectivity index (χ1) is 6.83. The van der Waals surface area contributed by atoms with Crippen molar-refractivity contribution in [3.63, 3.8) is 0 Å². The number of aromatic nitrogens is 1. The predicted molar refractivity (Wildman–Crippen MR) is 45.1 cm³/mol. The molecule has 0 fully saturated rings. The Morgan fingerprint density at radius 1 is 1.40 bits per heavy atom. The van der Waals surface area contributed by atoms with Gasteiger partial charge in [-0.2, -0.15) is 5.26 Å². The van der Waals surface area contributed by atoms with Gasteiger partial charge in [0.2, 0.25) is 0 Å². The second kappa shape index (κ2) is 3.77. The monoisotopic (exact) mass is 216 g/mol. The quantitative estimate of drug-likeness (QED) is 0.724. The van der Waals surface area contributed by atoms with Gasteiger partial charge in [0.1, 0.15) is 6.07 Å². The Hall–Kier alpha value is -1.77. The minimum atomic E-state index is -4.81. The van der Waals surface area contributed by atoms with Crippen LogP contribution in [0.2, 0.25) is 0 Å². The molecule has 0 aliphatic rings. The third-order valence-corrected chi connectivity index (χ3v) is 1.61. The van der Waals surface area contributed by atoms with Crippen molar-refractivity contribution in [2.24, 2.45) is 0 Å². The van der Waals surface area contributed by atoms with Crippen LogP contribution in [0, 0.1) is 25.2 Å². The highest BCUT2D eigenvalue weighted by molar-refractivity contribution is 5.44. The van der Waals surface area contributed by atoms with Crippen LogP contribution in [0.1, 0.15) is 17.0 Å². The molecule has 0 spiro atoms. The van der Waals surface area contributed by atoms with Gasteiger partial charge in [-0.05, 0) is 25.5 Å². The fourth-order valence-electron chi connectivity index (χ4n) is 1.15. The average molecular weight is 216 g/mol. The summed E-state index contributed by atoms with van der Waals surface area (Å²) in [6, 6.07) is 2.98. The molecule has 15 heavy (non-hydrogen) atoms. The number of alkyl halides is 3. The van der Waals surface area contributed by atoms with Gasteiger partial charge in [0.25, 0.3) is 0 Å². The van der Waals surface area contributed by atoms with Gasteiger partial charge < -0.3 is 4.74 Å². The Kier molecular flexibility index (Phi) is 2.84. The number of nitrogens with zero attached hydrogens (tertiary/aromatic N) is 2. The van der Waals surface area contributed by atoms with Crippen molar-refractivity contribution in [1.82, 2.24) is 4.98 Å². The molecular weight excluding hydrogens is 209 g/mol. The maximum Gasteiger partial charge on any atom is 0.573 e. The second-order valence-corrected chi connectivity index (χ2v) is 2.92. The molecule has 1 aromatic rings. The topological polar surface area (TPSA) is 45.9 Å². The van der Waals surface area contributed by atoms with Gasteiger partial charge in [0.15, 0.2) is 11.4 Å². The summed E-state index contributed by atoms with van der Waals surface area (Å²) in [5, 5.41) is 8.60. The highest BCUT2D eigenvalue weighted by Crippen LogP contribution is 2.28. The molecule has 80 valence electrons. The van der Waals surface area contributed by atoms with Crippen molar-refractivity contribution in [2.45, 2.75) is 20.2 Å². The zero-order chi connectivity index (χ0) is 11.6. The van der Waals surface area contributed by atoms with Crippen molar-refractivity contribution < 1.29 is 17.9 Å². The molecule has 0 N–H and O–H groups in total. The Morgan fingerprint density at radius 2 is 2.00 bits per heavy atom. The molecule has 0 aliphatic carbocycles. The maximum absolute atomic E-state index is 12.0. The largest absolute Gasteiger partial charge is 0.573 e. The fraction of sp³-hybridized carbons (Fsp3) is 0.333. The highest BCUT2D eigenvalue weighted by atomic mass is 19.4. The van der Waals surface area contributed by atoms with Gasteiger partial charge in [-0.25, -0.2) is 4.98 Å². The molecule has 0 unspecified atom stereocenters. The van der Waals surface area contributed by atoms with E-state index in [0.717, 1.165) is 0 Å². The summed E-state index contributed by atoms with van der Waals surface area (Å²) in [5.74, 6) is -0.532. The van der Waals surface area contributed by atoms with Gasteiger partial charge in [0, 0.05) is 5.69 Å². The van der Waals surface area contributed by atoms with E-state index in [4.69, 9.17) is 5.26 Å². The van der Waals surface area contributed by atoms with Crippen LogP contribution in [-0.2, 0) is 0 Å². The summed E-state index contributed by atoms with van der Waals surface area (Å²) in [6.45, 7) is 3.02. The Labute approximate surface area is 84.1 Å². The van der Waals surface area contributed by atoms with Crippen LogP contribution < -0.4 is 4.74 Å². The zero-order valence-corrected chi connectivity index (χ0v) is 8.01. The van der Waals surface area contributed by atoms with Crippen molar-refractivity contribution in [3.8, 4) is 11.8 Å². The molecule has 0 atom stereocenters. The van der Waals surface area contributed by atoms with Crippen molar-refractivity contribution in [2.75, 3.05) is 0 Å². The number of pyridine rings is 1. The van der Waals surface area contributed by atoms with E-state index in [1.165, 1.54) is 13.0 Å². The number of hydrogen-bond donors (Lipinski definition) is 0. The van der Waals surface area contributed by atoms with Gasteiger partial charge in [-0.3, -0.25) is 0 Å². The lowest BCUT2D eigenvalue weighted by atomic mass is 10.2. The Balaban J connectivity index is 3.23. The lowest BCUT2D eigenvalue weighted by Gasteiger charge is -2.12. The van der Waals surface area contributed by atoms with E-state index in [-0.39, 0.29) is 11.3 Å². The van der Waals surface area contributed by atoms with Crippen LogP contribution in [-0.4, -0.2) is 11.3 Å². The molecular formula is C9H7F3N2O. The van der Waals surface area contributed by atoms with Crippen molar-refractivity contribution in [3.05, 3.63) is 23.0 Å². The van der Waals surface area contributed by atoms with Crippen LogP contribution >= 0.6 is 0 Å². The number of rotatable bonds is 1. The van der Waals surface area contributed by atoms with Gasteiger partial charge in [0.05, 0.1) is 0 Å². The zero-order valence-electron chi connectivity index (χ0n) is 8.01. The van der Waals surface area contributed by atoms with E-state index in [2.05, 4.69) is 9.72 Å². The molecule has 1 aromatic heterocycles. The molecule has 0 amide bonds. The average Bonchev–Trinajstić information content (AvgIpc) is 2.07. The van der Waals surface area contributed by atoms with Crippen LogP contribution in [0.3, 0.4) is 0 Å². The van der Waals surface area contributed by atoms with E-state index in [1.807, 2.05) is 0 Å². The van der Waals surface area contributed by atoms with E-state index in [0.29, 0.717) is 5.69 Å². The number of nitriles is 1. The summed E-state index contributed by atoms with van der Waals surface area (Å²) < 4.78 is 39.7. The molecule has 0 radical (unpaired) electrons. The third-order valence-electron chi connectivity index (χ3n) is 1.61. The summed E-state index contributed by atoms with van der Waals surface area (Å²) >= 11 is 0. The summed E-state index contributed by atoms with van der Waals surface area (Å²) in [5.41, 5.74) is 0.347. The molecule has 0 aromatic carbocycles. The Bertz CT molecular complexity index is 421. The van der Waals surface area contributed by atoms with Gasteiger partial charge in [-0.15, -0.1) is 13.2 Å². The molecule has 0 saturated heterocycles. The predicted octanol–water partition coefficient (Wildman–Crippen LogP) is 2.47. The summed E-state index contributed by atoms with van der Waals surface area (Å²) in [7, 11) is 0. The van der Waals surface area contributed by atoms with Gasteiger partial charge >= 0.3 is 6.36 Å². The molecule has 6 heteroatoms. The minimum Gasteiger partial charge on any atom is -0.402 e. The summed E-state index contributed by atoms with van der Waals surface area (Å²) in [4.78, 5) is 3.65. The molecule has 1 heterocycles. The Morgan fingerprint density at radius 3 is 2.47 bits per heavy atom. The minimum absolute atomic E-state index is 0.233. The molecule has 3 nitrogen and oxygen atoms in total. The van der Waals surface area contributed by atoms with E-state index in [9.17, 15) is 13.2 Å². The second-order valence-electron chi connectivity index (χ2n) is 2.92. The fourth-order valence-corrected chi connectivity index (χ4v) is 1.15. The molecule has 0 saturated carbocycles. The maximum atomic E-state index is 12.0. The number of halogens is 3. The number of aryl methyl sites for hydroxylation is 2. The number of hydrogen-bond acceptors (Lipinski definition) is 3. The molecule has 0 bridgehead atoms. The van der Waals surface area contributed by atoms with E-state index in [1.54, 1.807) is 13.0 Å². The van der Waals surface area contributed by atoms with Crippen LogP contribution in [0.25, 0.3) is 0 Å². The standard InChI is InChI=1S/C9H7F3N2O/c1-5-3-6(2)14-7(4-13)8(5)15-9(10,11)12/h3H,1-2H3. The highest BCUT2D eigenvalue weighted by Gasteiger charge is 2.33. The smallest absolute Gasteiger partial charge is 0.402 e. The first-order valence-electron chi connectivity index (χ1n) is 3.97. The SMILES string of the molecule is Cc1cc(C)c(OC(F)(F)F)c(C#N)n1.